The van der Waals surface area contributed by atoms with Gasteiger partial charge in [-0.15, -0.1) is 0 Å². The molecule has 0 heterocycles. The van der Waals surface area contributed by atoms with Crippen LogP contribution in [0.2, 0.25) is 5.02 Å². The molecule has 25 heavy (non-hydrogen) atoms. The second kappa shape index (κ2) is 9.84. The molecule has 0 radical (unpaired) electrons. The van der Waals surface area contributed by atoms with Crippen molar-refractivity contribution < 1.29 is 9.59 Å². The molecule has 0 fully saturated rings. The highest BCUT2D eigenvalue weighted by Crippen LogP contribution is 2.13. The number of nitrogens with zero attached hydrogens (tertiary/aromatic N) is 1. The zero-order chi connectivity index (χ0) is 18.1. The molecule has 0 aromatic heterocycles. The molecule has 0 atom stereocenters. The third kappa shape index (κ3) is 6.59. The summed E-state index contributed by atoms with van der Waals surface area (Å²) in [6.07, 6.45) is 0.615. The van der Waals surface area contributed by atoms with Gasteiger partial charge in [-0.1, -0.05) is 54.1 Å². The third-order valence-electron chi connectivity index (χ3n) is 3.87. The van der Waals surface area contributed by atoms with Crippen molar-refractivity contribution in [2.75, 3.05) is 13.1 Å². The van der Waals surface area contributed by atoms with Crippen LogP contribution in [0.15, 0.2) is 54.6 Å². The van der Waals surface area contributed by atoms with Crippen LogP contribution in [0.4, 0.5) is 0 Å². The summed E-state index contributed by atoms with van der Waals surface area (Å²) in [4.78, 5) is 26.0. The summed E-state index contributed by atoms with van der Waals surface area (Å²) in [5.41, 5.74) is 1.96. The number of amides is 2. The van der Waals surface area contributed by atoms with Crippen molar-refractivity contribution in [2.24, 2.45) is 0 Å². The Balaban J connectivity index is 1.76. The lowest BCUT2D eigenvalue weighted by molar-refractivity contribution is -0.131. The molecule has 0 aliphatic carbocycles. The van der Waals surface area contributed by atoms with Crippen LogP contribution in [0, 0.1) is 0 Å². The summed E-state index contributed by atoms with van der Waals surface area (Å²) in [6.45, 7) is 3.42. The van der Waals surface area contributed by atoms with Gasteiger partial charge in [0.05, 0.1) is 6.42 Å². The van der Waals surface area contributed by atoms with E-state index in [0.29, 0.717) is 31.1 Å². The molecule has 0 bridgehead atoms. The molecule has 0 saturated heterocycles. The predicted molar refractivity (Wildman–Crippen MR) is 100 cm³/mol. The number of halogens is 1. The molecule has 2 aromatic carbocycles. The third-order valence-corrected chi connectivity index (χ3v) is 4.10. The molecule has 0 unspecified atom stereocenters. The van der Waals surface area contributed by atoms with E-state index in [0.717, 1.165) is 11.1 Å². The Morgan fingerprint density at radius 3 is 2.44 bits per heavy atom. The van der Waals surface area contributed by atoms with Crippen LogP contribution in [-0.4, -0.2) is 29.8 Å². The quantitative estimate of drug-likeness (QED) is 0.785. The normalized spacial score (nSPS) is 10.3. The van der Waals surface area contributed by atoms with E-state index in [1.54, 1.807) is 4.90 Å². The monoisotopic (exact) mass is 358 g/mol. The maximum atomic E-state index is 12.3. The first-order valence-electron chi connectivity index (χ1n) is 8.41. The van der Waals surface area contributed by atoms with Crippen LogP contribution in [0.5, 0.6) is 0 Å². The molecule has 4 nitrogen and oxygen atoms in total. The van der Waals surface area contributed by atoms with Crippen molar-refractivity contribution in [3.63, 3.8) is 0 Å². The summed E-state index contributed by atoms with van der Waals surface area (Å²) >= 11 is 5.99. The van der Waals surface area contributed by atoms with Crippen molar-refractivity contribution >= 4 is 23.4 Å². The lowest BCUT2D eigenvalue weighted by atomic mass is 10.1. The van der Waals surface area contributed by atoms with Gasteiger partial charge in [-0.2, -0.15) is 0 Å². The first-order chi connectivity index (χ1) is 12.1. The second-order valence-corrected chi connectivity index (χ2v) is 6.24. The topological polar surface area (TPSA) is 49.4 Å². The predicted octanol–water partition coefficient (Wildman–Crippen LogP) is 3.44. The Kier molecular flexibility index (Phi) is 7.48. The SMILES string of the molecule is CCN(Cc1cccc(Cl)c1)C(=O)CCNC(=O)Cc1ccccc1. The van der Waals surface area contributed by atoms with Gasteiger partial charge in [0.2, 0.25) is 11.8 Å². The molecule has 0 aliphatic rings. The highest BCUT2D eigenvalue weighted by atomic mass is 35.5. The van der Waals surface area contributed by atoms with E-state index < -0.39 is 0 Å². The Labute approximate surface area is 153 Å². The highest BCUT2D eigenvalue weighted by molar-refractivity contribution is 6.30. The molecule has 0 saturated carbocycles. The van der Waals surface area contributed by atoms with Crippen molar-refractivity contribution in [1.29, 1.82) is 0 Å². The van der Waals surface area contributed by atoms with Gasteiger partial charge in [-0.3, -0.25) is 9.59 Å². The fraction of sp³-hybridized carbons (Fsp3) is 0.300. The molecule has 132 valence electrons. The lowest BCUT2D eigenvalue weighted by Crippen LogP contribution is -2.34. The summed E-state index contributed by atoms with van der Waals surface area (Å²) in [6, 6.07) is 17.0. The van der Waals surface area contributed by atoms with Crippen molar-refractivity contribution in [3.8, 4) is 0 Å². The minimum atomic E-state index is -0.0723. The van der Waals surface area contributed by atoms with Crippen LogP contribution in [-0.2, 0) is 22.6 Å². The first-order valence-corrected chi connectivity index (χ1v) is 8.79. The van der Waals surface area contributed by atoms with E-state index in [2.05, 4.69) is 5.32 Å². The Morgan fingerprint density at radius 1 is 1.04 bits per heavy atom. The van der Waals surface area contributed by atoms with Gasteiger partial charge in [-0.05, 0) is 30.2 Å². The van der Waals surface area contributed by atoms with Crippen molar-refractivity contribution in [2.45, 2.75) is 26.3 Å². The van der Waals surface area contributed by atoms with Crippen molar-refractivity contribution in [3.05, 3.63) is 70.7 Å². The zero-order valence-corrected chi connectivity index (χ0v) is 15.1. The highest BCUT2D eigenvalue weighted by Gasteiger charge is 2.13. The molecule has 5 heteroatoms. The number of carbonyl (C=O) groups excluding carboxylic acids is 2. The van der Waals surface area contributed by atoms with E-state index in [4.69, 9.17) is 11.6 Å². The molecule has 0 spiro atoms. The second-order valence-electron chi connectivity index (χ2n) is 5.80. The Hall–Kier alpha value is -2.33. The Bertz CT molecular complexity index is 704. The summed E-state index contributed by atoms with van der Waals surface area (Å²) < 4.78 is 0. The number of hydrogen-bond donors (Lipinski definition) is 1. The average Bonchev–Trinajstić information content (AvgIpc) is 2.60. The maximum absolute atomic E-state index is 12.3. The van der Waals surface area contributed by atoms with Crippen LogP contribution in [0.25, 0.3) is 0 Å². The van der Waals surface area contributed by atoms with Crippen LogP contribution in [0.1, 0.15) is 24.5 Å². The van der Waals surface area contributed by atoms with Crippen molar-refractivity contribution in [1.82, 2.24) is 10.2 Å². The van der Waals surface area contributed by atoms with Gasteiger partial charge in [-0.25, -0.2) is 0 Å². The van der Waals surface area contributed by atoms with Crippen LogP contribution >= 0.6 is 11.6 Å². The van der Waals surface area contributed by atoms with Gasteiger partial charge in [0, 0.05) is 31.1 Å². The number of benzene rings is 2. The number of hydrogen-bond acceptors (Lipinski definition) is 2. The average molecular weight is 359 g/mol. The summed E-state index contributed by atoms with van der Waals surface area (Å²) in [7, 11) is 0. The van der Waals surface area contributed by atoms with Gasteiger partial charge in [0.1, 0.15) is 0 Å². The minimum absolute atomic E-state index is 0.0162. The van der Waals surface area contributed by atoms with Crippen LogP contribution in [0.3, 0.4) is 0 Å². The molecular formula is C20H23ClN2O2. The number of carbonyl (C=O) groups is 2. The van der Waals surface area contributed by atoms with E-state index in [-0.39, 0.29) is 18.2 Å². The summed E-state index contributed by atoms with van der Waals surface area (Å²) in [5.74, 6) is -0.0561. The molecule has 2 amide bonds. The van der Waals surface area contributed by atoms with E-state index >= 15 is 0 Å². The smallest absolute Gasteiger partial charge is 0.224 e. The first kappa shape index (κ1) is 19.0. The fourth-order valence-electron chi connectivity index (χ4n) is 2.54. The van der Waals surface area contributed by atoms with E-state index in [9.17, 15) is 9.59 Å². The summed E-state index contributed by atoms with van der Waals surface area (Å²) in [5, 5.41) is 3.47. The molecule has 1 N–H and O–H groups in total. The van der Waals surface area contributed by atoms with Gasteiger partial charge in [0.25, 0.3) is 0 Å². The van der Waals surface area contributed by atoms with Gasteiger partial charge >= 0.3 is 0 Å². The molecular weight excluding hydrogens is 336 g/mol. The fourth-order valence-corrected chi connectivity index (χ4v) is 2.76. The zero-order valence-electron chi connectivity index (χ0n) is 14.4. The van der Waals surface area contributed by atoms with Gasteiger partial charge < -0.3 is 10.2 Å². The maximum Gasteiger partial charge on any atom is 0.224 e. The largest absolute Gasteiger partial charge is 0.355 e. The van der Waals surface area contributed by atoms with Gasteiger partial charge in [0.15, 0.2) is 0 Å². The minimum Gasteiger partial charge on any atom is -0.355 e. The van der Waals surface area contributed by atoms with E-state index in [1.165, 1.54) is 0 Å². The van der Waals surface area contributed by atoms with Crippen LogP contribution < -0.4 is 5.32 Å². The molecule has 2 aromatic rings. The van der Waals surface area contributed by atoms with E-state index in [1.807, 2.05) is 61.5 Å². The lowest BCUT2D eigenvalue weighted by Gasteiger charge is -2.21. The number of rotatable bonds is 8. The number of nitrogens with one attached hydrogen (secondary N) is 1. The standard InChI is InChI=1S/C20H23ClN2O2/c1-2-23(15-17-9-6-10-18(21)13-17)20(25)11-12-22-19(24)14-16-7-4-3-5-8-16/h3-10,13H,2,11-12,14-15H2,1H3,(H,22,24). The Morgan fingerprint density at radius 2 is 1.76 bits per heavy atom. The molecule has 0 aliphatic heterocycles. The molecule has 2 rings (SSSR count).